The fourth-order valence-electron chi connectivity index (χ4n) is 3.83. The van der Waals surface area contributed by atoms with Crippen molar-refractivity contribution < 1.29 is 9.47 Å². The van der Waals surface area contributed by atoms with E-state index in [1.54, 1.807) is 7.11 Å². The van der Waals surface area contributed by atoms with E-state index >= 15 is 0 Å². The van der Waals surface area contributed by atoms with Crippen LogP contribution in [0.2, 0.25) is 0 Å². The molecule has 0 bridgehead atoms. The lowest BCUT2D eigenvalue weighted by Crippen LogP contribution is -2.31. The molecular formula is C21H28N4O2. The van der Waals surface area contributed by atoms with Crippen molar-refractivity contribution in [3.05, 3.63) is 53.1 Å². The molecule has 0 spiro atoms. The maximum absolute atomic E-state index is 5.72. The zero-order valence-electron chi connectivity index (χ0n) is 16.0. The second-order valence-corrected chi connectivity index (χ2v) is 7.30. The Morgan fingerprint density at radius 2 is 2.26 bits per heavy atom. The van der Waals surface area contributed by atoms with Crippen molar-refractivity contribution in [1.82, 2.24) is 20.2 Å². The van der Waals surface area contributed by atoms with Crippen LogP contribution in [0, 0.1) is 0 Å². The van der Waals surface area contributed by atoms with Crippen molar-refractivity contribution >= 4 is 0 Å². The molecule has 3 heterocycles. The zero-order valence-corrected chi connectivity index (χ0v) is 16.0. The first-order chi connectivity index (χ1) is 13.3. The summed E-state index contributed by atoms with van der Waals surface area (Å²) in [4.78, 5) is 12.0. The Kier molecular flexibility index (Phi) is 5.97. The topological polar surface area (TPSA) is 59.5 Å². The van der Waals surface area contributed by atoms with Crippen LogP contribution in [0.1, 0.15) is 41.5 Å². The predicted molar refractivity (Wildman–Crippen MR) is 104 cm³/mol. The molecule has 0 aliphatic carbocycles. The summed E-state index contributed by atoms with van der Waals surface area (Å²) in [5.41, 5.74) is 3.75. The number of fused-ring (bicyclic) bond motifs is 1. The first kappa shape index (κ1) is 18.3. The summed E-state index contributed by atoms with van der Waals surface area (Å²) in [6.07, 6.45) is 5.39. The summed E-state index contributed by atoms with van der Waals surface area (Å²) in [7, 11) is 1.69. The van der Waals surface area contributed by atoms with Gasteiger partial charge < -0.3 is 14.8 Å². The average Bonchev–Trinajstić information content (AvgIpc) is 3.23. The van der Waals surface area contributed by atoms with E-state index in [0.717, 1.165) is 50.6 Å². The number of ether oxygens (including phenoxy) is 2. The van der Waals surface area contributed by atoms with Gasteiger partial charge in [0.25, 0.3) is 0 Å². The van der Waals surface area contributed by atoms with Crippen molar-refractivity contribution in [3.63, 3.8) is 0 Å². The molecule has 1 saturated heterocycles. The highest BCUT2D eigenvalue weighted by atomic mass is 16.5. The number of benzene rings is 1. The first-order valence-corrected chi connectivity index (χ1v) is 9.83. The maximum atomic E-state index is 5.72. The van der Waals surface area contributed by atoms with E-state index in [4.69, 9.17) is 14.5 Å². The number of nitrogens with one attached hydrogen (secondary N) is 1. The van der Waals surface area contributed by atoms with Crippen LogP contribution in [0.15, 0.2) is 30.5 Å². The Bertz CT molecular complexity index is 762. The quantitative estimate of drug-likeness (QED) is 0.758. The largest absolute Gasteiger partial charge is 0.491 e. The number of nitrogens with zero attached hydrogens (tertiary/aromatic N) is 3. The second kappa shape index (κ2) is 8.78. The summed E-state index contributed by atoms with van der Waals surface area (Å²) in [6, 6.07) is 8.67. The molecular weight excluding hydrogens is 340 g/mol. The highest BCUT2D eigenvalue weighted by molar-refractivity contribution is 5.29. The summed E-state index contributed by atoms with van der Waals surface area (Å²) in [5, 5.41) is 3.49. The van der Waals surface area contributed by atoms with Gasteiger partial charge in [0.05, 0.1) is 12.6 Å². The number of hydrogen-bond acceptors (Lipinski definition) is 6. The summed E-state index contributed by atoms with van der Waals surface area (Å²) >= 11 is 0. The number of methoxy groups -OCH3 is 1. The molecule has 144 valence electrons. The lowest BCUT2D eigenvalue weighted by Gasteiger charge is -2.28. The molecule has 2 aliphatic rings. The van der Waals surface area contributed by atoms with Gasteiger partial charge in [0, 0.05) is 50.6 Å². The molecule has 2 aliphatic heterocycles. The Morgan fingerprint density at radius 3 is 3.11 bits per heavy atom. The standard InChI is InChI=1S/C21H28N4O2/c1-26-10-11-27-18-5-2-4-16(12-18)14-25-9-7-19-17(15-25)13-23-21(24-19)20-6-3-8-22-20/h2,4-5,12-13,20,22H,3,6-11,14-15H2,1H3/t20-/m1/s1. The van der Waals surface area contributed by atoms with Crippen LogP contribution in [0.3, 0.4) is 0 Å². The van der Waals surface area contributed by atoms with Crippen LogP contribution in [0.25, 0.3) is 0 Å². The van der Waals surface area contributed by atoms with E-state index in [1.807, 2.05) is 12.3 Å². The smallest absolute Gasteiger partial charge is 0.145 e. The van der Waals surface area contributed by atoms with Crippen LogP contribution in [0.5, 0.6) is 5.75 Å². The maximum Gasteiger partial charge on any atom is 0.145 e. The van der Waals surface area contributed by atoms with Crippen LogP contribution in [0.4, 0.5) is 0 Å². The van der Waals surface area contributed by atoms with Gasteiger partial charge in [0.1, 0.15) is 18.2 Å². The number of hydrogen-bond donors (Lipinski definition) is 1. The van der Waals surface area contributed by atoms with Gasteiger partial charge in [0.15, 0.2) is 0 Å². The molecule has 1 aromatic heterocycles. The molecule has 0 amide bonds. The van der Waals surface area contributed by atoms with E-state index in [1.165, 1.54) is 23.2 Å². The van der Waals surface area contributed by atoms with E-state index in [9.17, 15) is 0 Å². The lowest BCUT2D eigenvalue weighted by molar-refractivity contribution is 0.146. The van der Waals surface area contributed by atoms with Crippen molar-refractivity contribution in [2.75, 3.05) is 33.4 Å². The van der Waals surface area contributed by atoms with Gasteiger partial charge in [-0.15, -0.1) is 0 Å². The van der Waals surface area contributed by atoms with Crippen LogP contribution in [-0.2, 0) is 24.2 Å². The Hall–Kier alpha value is -2.02. The highest BCUT2D eigenvalue weighted by Crippen LogP contribution is 2.24. The summed E-state index contributed by atoms with van der Waals surface area (Å²) in [6.45, 7) is 5.09. The van der Waals surface area contributed by atoms with Gasteiger partial charge in [-0.1, -0.05) is 12.1 Å². The van der Waals surface area contributed by atoms with Gasteiger partial charge in [-0.3, -0.25) is 4.90 Å². The van der Waals surface area contributed by atoms with Gasteiger partial charge in [-0.25, -0.2) is 9.97 Å². The van der Waals surface area contributed by atoms with Crippen LogP contribution in [-0.4, -0.2) is 48.3 Å². The zero-order chi connectivity index (χ0) is 18.5. The molecule has 1 aromatic carbocycles. The molecule has 2 aromatic rings. The number of rotatable bonds is 7. The molecule has 1 fully saturated rings. The molecule has 27 heavy (non-hydrogen) atoms. The van der Waals surface area contributed by atoms with Gasteiger partial charge in [-0.05, 0) is 37.1 Å². The third kappa shape index (κ3) is 4.64. The van der Waals surface area contributed by atoms with Crippen molar-refractivity contribution in [2.45, 2.75) is 38.4 Å². The van der Waals surface area contributed by atoms with Crippen LogP contribution < -0.4 is 10.1 Å². The van der Waals surface area contributed by atoms with Gasteiger partial charge >= 0.3 is 0 Å². The highest BCUT2D eigenvalue weighted by Gasteiger charge is 2.23. The third-order valence-corrected chi connectivity index (χ3v) is 5.26. The van der Waals surface area contributed by atoms with Crippen molar-refractivity contribution in [1.29, 1.82) is 0 Å². The lowest BCUT2D eigenvalue weighted by atomic mass is 10.1. The predicted octanol–water partition coefficient (Wildman–Crippen LogP) is 2.48. The molecule has 6 nitrogen and oxygen atoms in total. The van der Waals surface area contributed by atoms with Gasteiger partial charge in [0.2, 0.25) is 0 Å². The Morgan fingerprint density at radius 1 is 1.30 bits per heavy atom. The molecule has 0 saturated carbocycles. The third-order valence-electron chi connectivity index (χ3n) is 5.26. The van der Waals surface area contributed by atoms with Gasteiger partial charge in [-0.2, -0.15) is 0 Å². The molecule has 6 heteroatoms. The summed E-state index contributed by atoms with van der Waals surface area (Å²) < 4.78 is 10.8. The summed E-state index contributed by atoms with van der Waals surface area (Å²) in [5.74, 6) is 1.87. The Balaban J connectivity index is 1.37. The monoisotopic (exact) mass is 368 g/mol. The second-order valence-electron chi connectivity index (χ2n) is 7.30. The van der Waals surface area contributed by atoms with Crippen molar-refractivity contribution in [3.8, 4) is 5.75 Å². The van der Waals surface area contributed by atoms with E-state index in [-0.39, 0.29) is 0 Å². The fraction of sp³-hybridized carbons (Fsp3) is 0.524. The normalized spacial score (nSPS) is 19.8. The molecule has 1 N–H and O–H groups in total. The average molecular weight is 368 g/mol. The van der Waals surface area contributed by atoms with Crippen LogP contribution >= 0.6 is 0 Å². The number of aromatic nitrogens is 2. The minimum atomic E-state index is 0.342. The SMILES string of the molecule is COCCOc1cccc(CN2CCc3nc([C@H]4CCCN4)ncc3C2)c1. The van der Waals surface area contributed by atoms with Crippen molar-refractivity contribution in [2.24, 2.45) is 0 Å². The first-order valence-electron chi connectivity index (χ1n) is 9.83. The molecule has 1 atom stereocenters. The minimum Gasteiger partial charge on any atom is -0.491 e. The van der Waals surface area contributed by atoms with E-state index < -0.39 is 0 Å². The van der Waals surface area contributed by atoms with E-state index in [0.29, 0.717) is 19.3 Å². The van der Waals surface area contributed by atoms with E-state index in [2.05, 4.69) is 33.4 Å². The Labute approximate surface area is 160 Å². The minimum absolute atomic E-state index is 0.342. The molecule has 4 rings (SSSR count). The molecule has 0 unspecified atom stereocenters. The molecule has 0 radical (unpaired) electrons. The fourth-order valence-corrected chi connectivity index (χ4v) is 3.83.